The smallest absolute Gasteiger partial charge is 0.407 e. The number of benzene rings is 2. The van der Waals surface area contributed by atoms with E-state index < -0.39 is 23.8 Å². The largest absolute Gasteiger partial charge is 0.508 e. The lowest BCUT2D eigenvalue weighted by molar-refractivity contribution is -0.130. The van der Waals surface area contributed by atoms with Gasteiger partial charge in [0, 0.05) is 12.5 Å². The van der Waals surface area contributed by atoms with E-state index in [1.807, 2.05) is 51.1 Å². The topological polar surface area (TPSA) is 117 Å². The van der Waals surface area contributed by atoms with Gasteiger partial charge < -0.3 is 25.8 Å². The molecule has 8 nitrogen and oxygen atoms in total. The van der Waals surface area contributed by atoms with Gasteiger partial charge in [-0.25, -0.2) is 4.79 Å². The van der Waals surface area contributed by atoms with Gasteiger partial charge in [-0.1, -0.05) is 37.3 Å². The molecule has 0 radical (unpaired) electrons. The fourth-order valence-corrected chi connectivity index (χ4v) is 4.04. The molecule has 0 aliphatic heterocycles. The second-order valence-electron chi connectivity index (χ2n) is 10.7. The Balaban J connectivity index is 1.95. The van der Waals surface area contributed by atoms with Crippen molar-refractivity contribution in [1.29, 1.82) is 0 Å². The van der Waals surface area contributed by atoms with E-state index in [1.54, 1.807) is 39.8 Å². The maximum absolute atomic E-state index is 12.8. The molecule has 0 heterocycles. The molecule has 1 unspecified atom stereocenters. The van der Waals surface area contributed by atoms with Crippen LogP contribution in [0.1, 0.15) is 56.9 Å². The molecular formula is C29H41N3O5. The molecule has 2 rings (SSSR count). The van der Waals surface area contributed by atoms with E-state index in [0.29, 0.717) is 12.8 Å². The summed E-state index contributed by atoms with van der Waals surface area (Å²) in [4.78, 5) is 37.9. The van der Waals surface area contributed by atoms with Crippen LogP contribution in [-0.2, 0) is 27.2 Å². The van der Waals surface area contributed by atoms with Crippen LogP contribution in [0.4, 0.5) is 4.79 Å². The van der Waals surface area contributed by atoms with Crippen molar-refractivity contribution < 1.29 is 24.2 Å². The van der Waals surface area contributed by atoms with Crippen LogP contribution in [0.5, 0.6) is 5.75 Å². The Kier molecular flexibility index (Phi) is 10.5. The Hall–Kier alpha value is -3.55. The van der Waals surface area contributed by atoms with E-state index in [-0.39, 0.29) is 30.0 Å². The quantitative estimate of drug-likeness (QED) is 0.386. The molecule has 2 aromatic carbocycles. The predicted molar refractivity (Wildman–Crippen MR) is 144 cm³/mol. The summed E-state index contributed by atoms with van der Waals surface area (Å²) in [5, 5.41) is 18.2. The summed E-state index contributed by atoms with van der Waals surface area (Å²) in [7, 11) is 0. The number of hydrogen-bond donors (Lipinski definition) is 4. The molecule has 0 spiro atoms. The molecule has 0 fully saturated rings. The Morgan fingerprint density at radius 3 is 2.08 bits per heavy atom. The van der Waals surface area contributed by atoms with Gasteiger partial charge >= 0.3 is 6.09 Å². The van der Waals surface area contributed by atoms with Crippen molar-refractivity contribution >= 4 is 17.9 Å². The summed E-state index contributed by atoms with van der Waals surface area (Å²) in [6, 6.07) is 11.9. The standard InChI is InChI=1S/C29H41N3O5/c1-18-13-24(33)14-19(2)25(18)15-20(3)26(34)31-21(4)27(35)30-17-23(16-22-11-9-8-10-12-22)32-28(36)37-29(5,6)7/h8-14,20-21,23,33H,15-17H2,1-7H3,(H,30,35)(H,31,34)(H,32,36)/t20?,21-,23+/m1/s1. The van der Waals surface area contributed by atoms with Crippen LogP contribution in [0.3, 0.4) is 0 Å². The highest BCUT2D eigenvalue weighted by atomic mass is 16.6. The van der Waals surface area contributed by atoms with E-state index in [2.05, 4.69) is 16.0 Å². The molecule has 0 aliphatic carbocycles. The number of carbonyl (C=O) groups is 3. The number of phenolic OH excluding ortho intramolecular Hbond substituents is 1. The number of hydrogen-bond acceptors (Lipinski definition) is 5. The van der Waals surface area contributed by atoms with E-state index in [1.165, 1.54) is 0 Å². The summed E-state index contributed by atoms with van der Waals surface area (Å²) >= 11 is 0. The van der Waals surface area contributed by atoms with Crippen LogP contribution in [0, 0.1) is 19.8 Å². The van der Waals surface area contributed by atoms with Crippen molar-refractivity contribution in [3.63, 3.8) is 0 Å². The van der Waals surface area contributed by atoms with Crippen molar-refractivity contribution in [2.24, 2.45) is 5.92 Å². The van der Waals surface area contributed by atoms with Gasteiger partial charge in [0.2, 0.25) is 11.8 Å². The molecule has 0 bridgehead atoms. The molecular weight excluding hydrogens is 470 g/mol. The zero-order valence-corrected chi connectivity index (χ0v) is 23.0. The lowest BCUT2D eigenvalue weighted by atomic mass is 9.92. The highest BCUT2D eigenvalue weighted by Crippen LogP contribution is 2.23. The van der Waals surface area contributed by atoms with Gasteiger partial charge in [0.1, 0.15) is 17.4 Å². The van der Waals surface area contributed by atoms with Crippen LogP contribution in [0.15, 0.2) is 42.5 Å². The normalized spacial score (nSPS) is 13.7. The highest BCUT2D eigenvalue weighted by molar-refractivity contribution is 5.88. The van der Waals surface area contributed by atoms with Crippen molar-refractivity contribution in [2.45, 2.75) is 79.0 Å². The number of ether oxygens (including phenoxy) is 1. The molecule has 202 valence electrons. The molecule has 0 saturated heterocycles. The minimum absolute atomic E-state index is 0.175. The third-order valence-corrected chi connectivity index (χ3v) is 5.96. The van der Waals surface area contributed by atoms with E-state index >= 15 is 0 Å². The van der Waals surface area contributed by atoms with E-state index in [4.69, 9.17) is 4.74 Å². The first kappa shape index (κ1) is 29.7. The van der Waals surface area contributed by atoms with Gasteiger partial charge in [-0.3, -0.25) is 9.59 Å². The highest BCUT2D eigenvalue weighted by Gasteiger charge is 2.24. The van der Waals surface area contributed by atoms with Gasteiger partial charge in [0.25, 0.3) is 0 Å². The van der Waals surface area contributed by atoms with E-state index in [9.17, 15) is 19.5 Å². The van der Waals surface area contributed by atoms with Gasteiger partial charge in [-0.2, -0.15) is 0 Å². The molecule has 4 N–H and O–H groups in total. The number of phenols is 1. The lowest BCUT2D eigenvalue weighted by Crippen LogP contribution is -2.51. The number of aryl methyl sites for hydroxylation is 2. The van der Waals surface area contributed by atoms with Crippen LogP contribution < -0.4 is 16.0 Å². The van der Waals surface area contributed by atoms with Crippen molar-refractivity contribution in [3.8, 4) is 5.75 Å². The SMILES string of the molecule is Cc1cc(O)cc(C)c1CC(C)C(=O)N[C@H](C)C(=O)NC[C@H](Cc1ccccc1)NC(=O)OC(C)(C)C. The average molecular weight is 512 g/mol. The fraction of sp³-hybridized carbons (Fsp3) is 0.483. The zero-order valence-electron chi connectivity index (χ0n) is 23.0. The summed E-state index contributed by atoms with van der Waals surface area (Å²) in [6.45, 7) is 12.8. The molecule has 3 amide bonds. The minimum Gasteiger partial charge on any atom is -0.508 e. The first-order chi connectivity index (χ1) is 17.2. The predicted octanol–water partition coefficient (Wildman–Crippen LogP) is 3.94. The number of nitrogens with one attached hydrogen (secondary N) is 3. The maximum Gasteiger partial charge on any atom is 0.407 e. The number of amides is 3. The molecule has 37 heavy (non-hydrogen) atoms. The second-order valence-corrected chi connectivity index (χ2v) is 10.7. The van der Waals surface area contributed by atoms with Crippen molar-refractivity contribution in [1.82, 2.24) is 16.0 Å². The van der Waals surface area contributed by atoms with Crippen LogP contribution in [0.25, 0.3) is 0 Å². The summed E-state index contributed by atoms with van der Waals surface area (Å²) in [6.07, 6.45) is 0.443. The Labute approximate surface area is 220 Å². The summed E-state index contributed by atoms with van der Waals surface area (Å²) in [5.41, 5.74) is 3.22. The van der Waals surface area contributed by atoms with Gasteiger partial charge in [-0.15, -0.1) is 0 Å². The Bertz CT molecular complexity index is 1060. The number of carbonyl (C=O) groups excluding carboxylic acids is 3. The van der Waals surface area contributed by atoms with Crippen LogP contribution in [0.2, 0.25) is 0 Å². The van der Waals surface area contributed by atoms with Crippen molar-refractivity contribution in [2.75, 3.05) is 6.54 Å². The Morgan fingerprint density at radius 2 is 1.51 bits per heavy atom. The maximum atomic E-state index is 12.8. The van der Waals surface area contributed by atoms with Gasteiger partial charge in [-0.05, 0) is 88.8 Å². The third kappa shape index (κ3) is 10.1. The first-order valence-corrected chi connectivity index (χ1v) is 12.7. The second kappa shape index (κ2) is 13.1. The molecule has 8 heteroatoms. The molecule has 2 aromatic rings. The molecule has 0 aliphatic rings. The number of aromatic hydroxyl groups is 1. The van der Waals surface area contributed by atoms with E-state index in [0.717, 1.165) is 22.3 Å². The van der Waals surface area contributed by atoms with Crippen LogP contribution in [-0.4, -0.2) is 47.2 Å². The van der Waals surface area contributed by atoms with Gasteiger partial charge in [0.15, 0.2) is 0 Å². The molecule has 0 saturated carbocycles. The number of rotatable bonds is 10. The number of alkyl carbamates (subject to hydrolysis) is 1. The first-order valence-electron chi connectivity index (χ1n) is 12.7. The zero-order chi connectivity index (χ0) is 27.8. The summed E-state index contributed by atoms with van der Waals surface area (Å²) < 4.78 is 5.38. The molecule has 0 aromatic heterocycles. The average Bonchev–Trinajstić information content (AvgIpc) is 2.78. The molecule has 3 atom stereocenters. The fourth-order valence-electron chi connectivity index (χ4n) is 4.04. The summed E-state index contributed by atoms with van der Waals surface area (Å²) in [5.74, 6) is -0.742. The monoisotopic (exact) mass is 511 g/mol. The lowest BCUT2D eigenvalue weighted by Gasteiger charge is -2.25. The van der Waals surface area contributed by atoms with Gasteiger partial charge in [0.05, 0.1) is 6.04 Å². The minimum atomic E-state index is -0.754. The third-order valence-electron chi connectivity index (χ3n) is 5.96. The van der Waals surface area contributed by atoms with Crippen LogP contribution >= 0.6 is 0 Å². The van der Waals surface area contributed by atoms with Crippen molar-refractivity contribution in [3.05, 3.63) is 64.7 Å². The Morgan fingerprint density at radius 1 is 0.919 bits per heavy atom.